The van der Waals surface area contributed by atoms with Crippen molar-refractivity contribution >= 4 is 11.3 Å². The van der Waals surface area contributed by atoms with Gasteiger partial charge in [-0.1, -0.05) is 0 Å². The van der Waals surface area contributed by atoms with Gasteiger partial charge >= 0.3 is 0 Å². The van der Waals surface area contributed by atoms with E-state index in [2.05, 4.69) is 32.2 Å². The predicted molar refractivity (Wildman–Crippen MR) is 79.4 cm³/mol. The summed E-state index contributed by atoms with van der Waals surface area (Å²) in [6.45, 7) is 9.58. The van der Waals surface area contributed by atoms with Gasteiger partial charge in [0.25, 0.3) is 0 Å². The summed E-state index contributed by atoms with van der Waals surface area (Å²) in [5.41, 5.74) is 0.648. The first kappa shape index (κ1) is 15.6. The van der Waals surface area contributed by atoms with Gasteiger partial charge in [0, 0.05) is 28.9 Å². The van der Waals surface area contributed by atoms with Crippen molar-refractivity contribution in [1.29, 1.82) is 0 Å². The summed E-state index contributed by atoms with van der Waals surface area (Å²) >= 11 is 1.83. The van der Waals surface area contributed by atoms with Gasteiger partial charge < -0.3 is 15.3 Å². The van der Waals surface area contributed by atoms with Gasteiger partial charge in [-0.05, 0) is 53.4 Å². The van der Waals surface area contributed by atoms with Crippen molar-refractivity contribution in [2.24, 2.45) is 0 Å². The van der Waals surface area contributed by atoms with Crippen molar-refractivity contribution < 1.29 is 5.11 Å². The molecule has 0 radical (unpaired) electrons. The third-order valence-electron chi connectivity index (χ3n) is 2.99. The second-order valence-electron chi connectivity index (χ2n) is 5.71. The molecule has 4 heteroatoms. The lowest BCUT2D eigenvalue weighted by atomic mass is 10.0. The zero-order valence-electron chi connectivity index (χ0n) is 12.4. The molecule has 18 heavy (non-hydrogen) atoms. The second-order valence-corrected chi connectivity index (χ2v) is 7.17. The highest BCUT2D eigenvalue weighted by Gasteiger charge is 2.22. The maximum atomic E-state index is 10.3. The smallest absolute Gasteiger partial charge is 0.0869 e. The number of nitrogens with one attached hydrogen (secondary N) is 1. The Balaban J connectivity index is 2.55. The van der Waals surface area contributed by atoms with E-state index in [-0.39, 0.29) is 6.04 Å². The van der Waals surface area contributed by atoms with Crippen LogP contribution in [0.5, 0.6) is 0 Å². The van der Waals surface area contributed by atoms with Gasteiger partial charge in [-0.15, -0.1) is 11.3 Å². The Morgan fingerprint density at radius 3 is 2.50 bits per heavy atom. The molecule has 1 aromatic heterocycles. The van der Waals surface area contributed by atoms with Gasteiger partial charge in [0.2, 0.25) is 0 Å². The number of thiophene rings is 1. The van der Waals surface area contributed by atoms with Crippen LogP contribution in [-0.2, 0) is 0 Å². The van der Waals surface area contributed by atoms with Crippen LogP contribution in [0.4, 0.5) is 0 Å². The Kier molecular flexibility index (Phi) is 5.34. The topological polar surface area (TPSA) is 35.5 Å². The van der Waals surface area contributed by atoms with E-state index in [1.165, 1.54) is 15.3 Å². The lowest BCUT2D eigenvalue weighted by Gasteiger charge is -2.29. The first-order chi connectivity index (χ1) is 8.21. The van der Waals surface area contributed by atoms with Crippen LogP contribution in [0.15, 0.2) is 6.07 Å². The zero-order chi connectivity index (χ0) is 13.9. The van der Waals surface area contributed by atoms with E-state index in [1.807, 2.05) is 37.3 Å². The molecule has 1 heterocycles. The Bertz CT molecular complexity index is 385. The Labute approximate surface area is 115 Å². The molecule has 1 aromatic rings. The first-order valence-electron chi connectivity index (χ1n) is 6.39. The molecule has 0 spiro atoms. The Morgan fingerprint density at radius 1 is 1.44 bits per heavy atom. The van der Waals surface area contributed by atoms with Crippen LogP contribution in [0.2, 0.25) is 0 Å². The van der Waals surface area contributed by atoms with Crippen molar-refractivity contribution in [2.75, 3.05) is 27.2 Å². The van der Waals surface area contributed by atoms with Crippen LogP contribution < -0.4 is 5.32 Å². The molecule has 2 N–H and O–H groups in total. The fraction of sp³-hybridized carbons (Fsp3) is 0.714. The van der Waals surface area contributed by atoms with Crippen LogP contribution in [0.25, 0.3) is 0 Å². The normalized spacial score (nSPS) is 16.9. The number of aryl methyl sites for hydroxylation is 2. The maximum Gasteiger partial charge on any atom is 0.0869 e. The summed E-state index contributed by atoms with van der Waals surface area (Å²) in [4.78, 5) is 4.71. The van der Waals surface area contributed by atoms with E-state index < -0.39 is 5.60 Å². The van der Waals surface area contributed by atoms with Gasteiger partial charge in [-0.2, -0.15) is 0 Å². The molecular weight excluding hydrogens is 244 g/mol. The van der Waals surface area contributed by atoms with E-state index in [0.29, 0.717) is 13.1 Å². The highest BCUT2D eigenvalue weighted by molar-refractivity contribution is 7.12. The number of likely N-dealkylation sites (N-methyl/N-ethyl adjacent to an activating group) is 1. The van der Waals surface area contributed by atoms with Crippen molar-refractivity contribution in [3.05, 3.63) is 21.4 Å². The van der Waals surface area contributed by atoms with Crippen LogP contribution in [0.1, 0.15) is 35.2 Å². The fourth-order valence-corrected chi connectivity index (χ4v) is 3.32. The van der Waals surface area contributed by atoms with Crippen molar-refractivity contribution in [1.82, 2.24) is 10.2 Å². The molecule has 0 aliphatic carbocycles. The van der Waals surface area contributed by atoms with E-state index in [1.54, 1.807) is 0 Å². The average Bonchev–Trinajstić information content (AvgIpc) is 2.52. The molecule has 0 aromatic carbocycles. The number of hydrogen-bond donors (Lipinski definition) is 2. The third kappa shape index (κ3) is 4.69. The summed E-state index contributed by atoms with van der Waals surface area (Å²) in [6.07, 6.45) is 0. The molecule has 0 amide bonds. The lowest BCUT2D eigenvalue weighted by Crippen LogP contribution is -2.46. The predicted octanol–water partition coefficient (Wildman–Crippen LogP) is 2.33. The van der Waals surface area contributed by atoms with Gasteiger partial charge in [0.15, 0.2) is 0 Å². The zero-order valence-corrected chi connectivity index (χ0v) is 13.2. The molecule has 0 aliphatic heterocycles. The molecule has 0 saturated carbocycles. The van der Waals surface area contributed by atoms with Crippen molar-refractivity contribution in [3.63, 3.8) is 0 Å². The molecule has 2 unspecified atom stereocenters. The number of aliphatic hydroxyl groups is 1. The number of nitrogens with zero attached hydrogens (tertiary/aromatic N) is 1. The first-order valence-corrected chi connectivity index (χ1v) is 7.20. The average molecular weight is 270 g/mol. The summed E-state index contributed by atoms with van der Waals surface area (Å²) in [6, 6.07) is 2.52. The summed E-state index contributed by atoms with van der Waals surface area (Å²) in [7, 11) is 3.95. The molecule has 0 aliphatic rings. The summed E-state index contributed by atoms with van der Waals surface area (Å²) in [5.74, 6) is 0. The minimum Gasteiger partial charge on any atom is -0.388 e. The third-order valence-corrected chi connectivity index (χ3v) is 3.97. The van der Waals surface area contributed by atoms with Crippen molar-refractivity contribution in [3.8, 4) is 0 Å². The highest BCUT2D eigenvalue weighted by atomic mass is 32.1. The molecule has 0 bridgehead atoms. The SMILES string of the molecule is Cc1cc(C(C)NCC(C)(O)CN(C)C)c(C)s1. The standard InChI is InChI=1S/C14H26N2OS/c1-10-7-13(12(3)18-10)11(2)15-8-14(4,17)9-16(5)6/h7,11,15,17H,8-9H2,1-6H3. The quantitative estimate of drug-likeness (QED) is 0.833. The van der Waals surface area contributed by atoms with Gasteiger partial charge in [-0.3, -0.25) is 0 Å². The van der Waals surface area contributed by atoms with Crippen LogP contribution in [0, 0.1) is 13.8 Å². The molecule has 3 nitrogen and oxygen atoms in total. The van der Waals surface area contributed by atoms with Crippen LogP contribution in [-0.4, -0.2) is 42.8 Å². The second kappa shape index (κ2) is 6.15. The van der Waals surface area contributed by atoms with Gasteiger partial charge in [-0.25, -0.2) is 0 Å². The molecule has 0 saturated heterocycles. The van der Waals surface area contributed by atoms with E-state index >= 15 is 0 Å². The van der Waals surface area contributed by atoms with E-state index in [9.17, 15) is 5.11 Å². The molecule has 1 rings (SSSR count). The molecule has 0 fully saturated rings. The Morgan fingerprint density at radius 2 is 2.06 bits per heavy atom. The van der Waals surface area contributed by atoms with Crippen molar-refractivity contribution in [2.45, 2.75) is 39.3 Å². The van der Waals surface area contributed by atoms with Gasteiger partial charge in [0.05, 0.1) is 5.60 Å². The van der Waals surface area contributed by atoms with E-state index in [4.69, 9.17) is 0 Å². The fourth-order valence-electron chi connectivity index (χ4n) is 2.30. The highest BCUT2D eigenvalue weighted by Crippen LogP contribution is 2.26. The lowest BCUT2D eigenvalue weighted by molar-refractivity contribution is 0.0317. The molecule has 2 atom stereocenters. The van der Waals surface area contributed by atoms with E-state index in [0.717, 1.165) is 0 Å². The van der Waals surface area contributed by atoms with Gasteiger partial charge in [0.1, 0.15) is 0 Å². The molecule has 104 valence electrons. The van der Waals surface area contributed by atoms with Crippen LogP contribution >= 0.6 is 11.3 Å². The summed E-state index contributed by atoms with van der Waals surface area (Å²) < 4.78 is 0. The number of rotatable bonds is 6. The molecular formula is C14H26N2OS. The minimum absolute atomic E-state index is 0.281. The minimum atomic E-state index is -0.698. The largest absolute Gasteiger partial charge is 0.388 e. The van der Waals surface area contributed by atoms with Crippen LogP contribution in [0.3, 0.4) is 0 Å². The number of hydrogen-bond acceptors (Lipinski definition) is 4. The maximum absolute atomic E-state index is 10.3. The Hall–Kier alpha value is -0.420. The monoisotopic (exact) mass is 270 g/mol. The summed E-state index contributed by atoms with van der Waals surface area (Å²) in [5, 5.41) is 13.7.